The molecule has 1 heterocycles. The molecule has 0 spiro atoms. The molecule has 1 aromatic carbocycles. The number of benzene rings is 1. The fourth-order valence-corrected chi connectivity index (χ4v) is 1.83. The van der Waals surface area contributed by atoms with E-state index in [0.29, 0.717) is 4.70 Å². The van der Waals surface area contributed by atoms with Gasteiger partial charge in [0.25, 0.3) is 0 Å². The first kappa shape index (κ1) is 6.61. The number of phenols is 1. The van der Waals surface area contributed by atoms with Crippen molar-refractivity contribution in [3.05, 3.63) is 29.4 Å². The maximum Gasteiger partial charge on any atom is 0.169 e. The molecule has 0 saturated heterocycles. The first-order valence-electron chi connectivity index (χ1n) is 3.14. The average molecular weight is 168 g/mol. The number of phenolic OH excluding ortho intramolecular Hbond substituents is 1. The van der Waals surface area contributed by atoms with Crippen LogP contribution in [0.4, 0.5) is 4.39 Å². The monoisotopic (exact) mass is 168 g/mol. The molecule has 2 rings (SSSR count). The van der Waals surface area contributed by atoms with Gasteiger partial charge in [-0.25, -0.2) is 4.39 Å². The lowest BCUT2D eigenvalue weighted by molar-refractivity contribution is 0.439. The Morgan fingerprint density at radius 2 is 2.09 bits per heavy atom. The largest absolute Gasteiger partial charge is 0.504 e. The van der Waals surface area contributed by atoms with E-state index in [0.717, 1.165) is 5.39 Å². The SMILES string of the molecule is Oc1c(F)ccc2ccsc12. The highest BCUT2D eigenvalue weighted by Crippen LogP contribution is 2.31. The van der Waals surface area contributed by atoms with Crippen LogP contribution in [-0.2, 0) is 0 Å². The number of aromatic hydroxyl groups is 1. The lowest BCUT2D eigenvalue weighted by atomic mass is 10.2. The molecule has 1 aromatic heterocycles. The molecule has 0 aliphatic heterocycles. The van der Waals surface area contributed by atoms with Crippen LogP contribution < -0.4 is 0 Å². The van der Waals surface area contributed by atoms with E-state index in [1.54, 1.807) is 6.07 Å². The van der Waals surface area contributed by atoms with Gasteiger partial charge in [-0.15, -0.1) is 11.3 Å². The molecule has 0 bridgehead atoms. The average Bonchev–Trinajstić information content (AvgIpc) is 2.45. The minimum Gasteiger partial charge on any atom is -0.504 e. The molecule has 2 aromatic rings. The number of halogens is 1. The number of rotatable bonds is 0. The Hall–Kier alpha value is -1.09. The summed E-state index contributed by atoms with van der Waals surface area (Å²) in [6.45, 7) is 0. The Morgan fingerprint density at radius 1 is 1.27 bits per heavy atom. The van der Waals surface area contributed by atoms with Crippen molar-refractivity contribution in [3.8, 4) is 5.75 Å². The maximum absolute atomic E-state index is 12.7. The Labute approximate surface area is 66.7 Å². The van der Waals surface area contributed by atoms with E-state index in [2.05, 4.69) is 0 Å². The fraction of sp³-hybridized carbons (Fsp3) is 0. The van der Waals surface area contributed by atoms with Crippen LogP contribution in [0.15, 0.2) is 23.6 Å². The molecule has 0 fully saturated rings. The second kappa shape index (κ2) is 2.20. The van der Waals surface area contributed by atoms with Crippen LogP contribution in [0.5, 0.6) is 5.75 Å². The van der Waals surface area contributed by atoms with Gasteiger partial charge in [0.05, 0.1) is 4.70 Å². The molecule has 0 amide bonds. The topological polar surface area (TPSA) is 20.2 Å². The van der Waals surface area contributed by atoms with Gasteiger partial charge in [0.1, 0.15) is 0 Å². The fourth-order valence-electron chi connectivity index (χ4n) is 0.993. The van der Waals surface area contributed by atoms with E-state index in [9.17, 15) is 9.50 Å². The zero-order valence-corrected chi connectivity index (χ0v) is 6.36. The molecular weight excluding hydrogens is 163 g/mol. The van der Waals surface area contributed by atoms with Crippen LogP contribution in [0.25, 0.3) is 10.1 Å². The normalized spacial score (nSPS) is 10.6. The van der Waals surface area contributed by atoms with E-state index in [-0.39, 0.29) is 5.75 Å². The molecule has 0 saturated carbocycles. The smallest absolute Gasteiger partial charge is 0.169 e. The lowest BCUT2D eigenvalue weighted by Crippen LogP contribution is -1.73. The summed E-state index contributed by atoms with van der Waals surface area (Å²) in [5, 5.41) is 11.9. The van der Waals surface area contributed by atoms with Crippen molar-refractivity contribution in [1.82, 2.24) is 0 Å². The van der Waals surface area contributed by atoms with Gasteiger partial charge in [0.15, 0.2) is 11.6 Å². The van der Waals surface area contributed by atoms with Crippen molar-refractivity contribution in [1.29, 1.82) is 0 Å². The highest BCUT2D eigenvalue weighted by atomic mass is 32.1. The molecule has 0 radical (unpaired) electrons. The molecule has 1 nitrogen and oxygen atoms in total. The van der Waals surface area contributed by atoms with Gasteiger partial charge < -0.3 is 5.11 Å². The molecule has 0 aliphatic rings. The molecule has 3 heteroatoms. The van der Waals surface area contributed by atoms with Crippen LogP contribution in [0.3, 0.4) is 0 Å². The van der Waals surface area contributed by atoms with E-state index >= 15 is 0 Å². The van der Waals surface area contributed by atoms with Crippen LogP contribution in [0.2, 0.25) is 0 Å². The summed E-state index contributed by atoms with van der Waals surface area (Å²) in [6.07, 6.45) is 0. The molecule has 0 unspecified atom stereocenters. The van der Waals surface area contributed by atoms with Crippen molar-refractivity contribution < 1.29 is 9.50 Å². The first-order valence-corrected chi connectivity index (χ1v) is 4.01. The van der Waals surface area contributed by atoms with E-state index in [1.807, 2.05) is 11.4 Å². The van der Waals surface area contributed by atoms with Crippen LogP contribution in [0.1, 0.15) is 0 Å². The summed E-state index contributed by atoms with van der Waals surface area (Å²) in [7, 11) is 0. The lowest BCUT2D eigenvalue weighted by Gasteiger charge is -1.94. The van der Waals surface area contributed by atoms with Crippen molar-refractivity contribution in [2.75, 3.05) is 0 Å². The van der Waals surface area contributed by atoms with Gasteiger partial charge in [-0.1, -0.05) is 6.07 Å². The Kier molecular flexibility index (Phi) is 1.32. The second-order valence-electron chi connectivity index (χ2n) is 2.23. The van der Waals surface area contributed by atoms with E-state index < -0.39 is 5.82 Å². The third-order valence-electron chi connectivity index (χ3n) is 1.55. The molecule has 1 N–H and O–H groups in total. The predicted molar refractivity (Wildman–Crippen MR) is 43.4 cm³/mol. The zero-order chi connectivity index (χ0) is 7.84. The second-order valence-corrected chi connectivity index (χ2v) is 3.15. The van der Waals surface area contributed by atoms with Gasteiger partial charge in [0.2, 0.25) is 0 Å². The van der Waals surface area contributed by atoms with Gasteiger partial charge >= 0.3 is 0 Å². The molecule has 0 atom stereocenters. The Morgan fingerprint density at radius 3 is 2.91 bits per heavy atom. The van der Waals surface area contributed by atoms with Gasteiger partial charge in [0, 0.05) is 0 Å². The summed E-state index contributed by atoms with van der Waals surface area (Å²) >= 11 is 1.34. The van der Waals surface area contributed by atoms with E-state index in [4.69, 9.17) is 0 Å². The predicted octanol–water partition coefficient (Wildman–Crippen LogP) is 2.75. The van der Waals surface area contributed by atoms with Crippen LogP contribution >= 0.6 is 11.3 Å². The molecule has 11 heavy (non-hydrogen) atoms. The minimum atomic E-state index is -0.556. The summed E-state index contributed by atoms with van der Waals surface area (Å²) in [5.41, 5.74) is 0. The maximum atomic E-state index is 12.7. The van der Waals surface area contributed by atoms with Crippen molar-refractivity contribution >= 4 is 21.4 Å². The third kappa shape index (κ3) is 0.886. The number of hydrogen-bond donors (Lipinski definition) is 1. The van der Waals surface area contributed by atoms with E-state index in [1.165, 1.54) is 17.4 Å². The standard InChI is InChI=1S/C8H5FOS/c9-6-2-1-5-3-4-11-8(5)7(6)10/h1-4,10H. The highest BCUT2D eigenvalue weighted by molar-refractivity contribution is 7.17. The quantitative estimate of drug-likeness (QED) is 0.641. The zero-order valence-electron chi connectivity index (χ0n) is 5.54. The number of thiophene rings is 1. The number of hydrogen-bond acceptors (Lipinski definition) is 2. The molecule has 56 valence electrons. The van der Waals surface area contributed by atoms with Crippen molar-refractivity contribution in [2.24, 2.45) is 0 Å². The highest BCUT2D eigenvalue weighted by Gasteiger charge is 2.05. The van der Waals surface area contributed by atoms with Gasteiger partial charge in [-0.2, -0.15) is 0 Å². The molecule has 0 aliphatic carbocycles. The summed E-state index contributed by atoms with van der Waals surface area (Å²) in [6, 6.07) is 4.77. The summed E-state index contributed by atoms with van der Waals surface area (Å²) in [5.74, 6) is -0.794. The molecular formula is C8H5FOS. The van der Waals surface area contributed by atoms with Crippen molar-refractivity contribution in [2.45, 2.75) is 0 Å². The summed E-state index contributed by atoms with van der Waals surface area (Å²) in [4.78, 5) is 0. The number of fused-ring (bicyclic) bond motifs is 1. The minimum absolute atomic E-state index is 0.238. The van der Waals surface area contributed by atoms with Crippen LogP contribution in [0, 0.1) is 5.82 Å². The van der Waals surface area contributed by atoms with Gasteiger partial charge in [-0.05, 0) is 22.9 Å². The van der Waals surface area contributed by atoms with Crippen molar-refractivity contribution in [3.63, 3.8) is 0 Å². The van der Waals surface area contributed by atoms with Crippen LogP contribution in [-0.4, -0.2) is 5.11 Å². The Balaban J connectivity index is 2.93. The third-order valence-corrected chi connectivity index (χ3v) is 2.48. The van der Waals surface area contributed by atoms with Gasteiger partial charge in [-0.3, -0.25) is 0 Å². The first-order chi connectivity index (χ1) is 5.29. The Bertz CT molecular complexity index is 394. The summed E-state index contributed by atoms with van der Waals surface area (Å²) < 4.78 is 13.3.